The normalized spacial score (nSPS) is 14.8. The van der Waals surface area contributed by atoms with Gasteiger partial charge in [-0.1, -0.05) is 28.1 Å². The molecule has 0 radical (unpaired) electrons. The third-order valence-electron chi connectivity index (χ3n) is 5.54. The third-order valence-corrected chi connectivity index (χ3v) is 6.07. The minimum atomic E-state index is -0.175. The van der Waals surface area contributed by atoms with E-state index in [9.17, 15) is 4.79 Å². The number of hydrogen-bond donors (Lipinski definition) is 1. The Kier molecular flexibility index (Phi) is 7.50. The molecule has 6 nitrogen and oxygen atoms in total. The number of furan rings is 1. The first kappa shape index (κ1) is 22.4. The molecule has 3 aromatic rings. The number of carbonyl (C=O) groups is 1. The first-order valence-corrected chi connectivity index (χ1v) is 11.5. The van der Waals surface area contributed by atoms with Crippen molar-refractivity contribution in [2.24, 2.45) is 0 Å². The van der Waals surface area contributed by atoms with Crippen LogP contribution < -0.4 is 14.8 Å². The Morgan fingerprint density at radius 1 is 1.09 bits per heavy atom. The van der Waals surface area contributed by atoms with E-state index in [0.29, 0.717) is 11.5 Å². The second-order valence-corrected chi connectivity index (χ2v) is 8.80. The van der Waals surface area contributed by atoms with Gasteiger partial charge in [-0.25, -0.2) is 0 Å². The fourth-order valence-corrected chi connectivity index (χ4v) is 4.05. The summed E-state index contributed by atoms with van der Waals surface area (Å²) >= 11 is 3.40. The van der Waals surface area contributed by atoms with Gasteiger partial charge >= 0.3 is 0 Å². The monoisotopic (exact) mass is 498 g/mol. The van der Waals surface area contributed by atoms with Crippen molar-refractivity contribution < 1.29 is 18.7 Å². The van der Waals surface area contributed by atoms with E-state index >= 15 is 0 Å². The predicted octanol–water partition coefficient (Wildman–Crippen LogP) is 5.02. The molecule has 0 unspecified atom stereocenters. The van der Waals surface area contributed by atoms with Gasteiger partial charge in [0.05, 0.1) is 7.11 Å². The number of carbonyl (C=O) groups excluding carboxylic acids is 1. The highest BCUT2D eigenvalue weighted by Crippen LogP contribution is 2.20. The summed E-state index contributed by atoms with van der Waals surface area (Å²) in [4.78, 5) is 15.0. The third kappa shape index (κ3) is 6.14. The topological polar surface area (TPSA) is 63.9 Å². The van der Waals surface area contributed by atoms with Crippen molar-refractivity contribution >= 4 is 21.8 Å². The number of methoxy groups -OCH3 is 1. The van der Waals surface area contributed by atoms with E-state index in [2.05, 4.69) is 38.3 Å². The standard InChI is InChI=1S/C25H27BrN2O4/c1-30-22-4-2-3-18(15-22)16-28-13-11-20(12-14-28)27-25(29)24-10-9-23(32-24)17-31-21-7-5-19(26)6-8-21/h2-10,15,20H,11-14,16-17H2,1H3,(H,27,29). The number of nitrogens with zero attached hydrogens (tertiary/aromatic N) is 1. The molecule has 2 aromatic carbocycles. The van der Waals surface area contributed by atoms with Gasteiger partial charge in [0.1, 0.15) is 23.9 Å². The number of halogens is 1. The number of hydrogen-bond acceptors (Lipinski definition) is 5. The molecule has 0 bridgehead atoms. The molecule has 7 heteroatoms. The van der Waals surface area contributed by atoms with E-state index in [1.807, 2.05) is 36.4 Å². The van der Waals surface area contributed by atoms with Gasteiger partial charge in [0.15, 0.2) is 5.76 Å². The van der Waals surface area contributed by atoms with Crippen LogP contribution >= 0.6 is 15.9 Å². The molecule has 1 aliphatic rings. The predicted molar refractivity (Wildman–Crippen MR) is 126 cm³/mol. The van der Waals surface area contributed by atoms with Crippen molar-refractivity contribution in [3.8, 4) is 11.5 Å². The summed E-state index contributed by atoms with van der Waals surface area (Å²) in [6.45, 7) is 3.04. The summed E-state index contributed by atoms with van der Waals surface area (Å²) in [6.07, 6.45) is 1.83. The zero-order chi connectivity index (χ0) is 22.3. The lowest BCUT2D eigenvalue weighted by molar-refractivity contribution is 0.0877. The summed E-state index contributed by atoms with van der Waals surface area (Å²) in [5, 5.41) is 3.11. The van der Waals surface area contributed by atoms with Gasteiger partial charge in [-0.05, 0) is 66.9 Å². The zero-order valence-corrected chi connectivity index (χ0v) is 19.6. The van der Waals surface area contributed by atoms with Gasteiger partial charge in [-0.15, -0.1) is 0 Å². The first-order chi connectivity index (χ1) is 15.6. The van der Waals surface area contributed by atoms with Crippen LogP contribution in [0, 0.1) is 0 Å². The molecule has 1 fully saturated rings. The van der Waals surface area contributed by atoms with E-state index in [4.69, 9.17) is 13.9 Å². The Hall–Kier alpha value is -2.77. The molecule has 1 saturated heterocycles. The van der Waals surface area contributed by atoms with Crippen LogP contribution in [0.5, 0.6) is 11.5 Å². The molecule has 1 aliphatic heterocycles. The fourth-order valence-electron chi connectivity index (χ4n) is 3.78. The van der Waals surface area contributed by atoms with E-state index in [0.717, 1.165) is 48.4 Å². The zero-order valence-electron chi connectivity index (χ0n) is 18.1. The highest BCUT2D eigenvalue weighted by atomic mass is 79.9. The summed E-state index contributed by atoms with van der Waals surface area (Å²) < 4.78 is 17.7. The molecular formula is C25H27BrN2O4. The Labute approximate surface area is 196 Å². The fraction of sp³-hybridized carbons (Fsp3) is 0.320. The molecule has 1 amide bonds. The SMILES string of the molecule is COc1cccc(CN2CCC(NC(=O)c3ccc(COc4ccc(Br)cc4)o3)CC2)c1. The molecule has 2 heterocycles. The van der Waals surface area contributed by atoms with E-state index in [-0.39, 0.29) is 18.6 Å². The largest absolute Gasteiger partial charge is 0.497 e. The summed E-state index contributed by atoms with van der Waals surface area (Å²) in [5.41, 5.74) is 1.24. The van der Waals surface area contributed by atoms with E-state index < -0.39 is 0 Å². The first-order valence-electron chi connectivity index (χ1n) is 10.7. The second-order valence-electron chi connectivity index (χ2n) is 7.88. The van der Waals surface area contributed by atoms with Gasteiger partial charge in [-0.3, -0.25) is 9.69 Å². The minimum Gasteiger partial charge on any atom is -0.497 e. The van der Waals surface area contributed by atoms with Crippen LogP contribution in [0.1, 0.15) is 34.7 Å². The quantitative estimate of drug-likeness (QED) is 0.472. The van der Waals surface area contributed by atoms with Crippen LogP contribution in [-0.4, -0.2) is 37.0 Å². The number of amides is 1. The molecule has 0 aliphatic carbocycles. The van der Waals surface area contributed by atoms with Gasteiger partial charge in [0.2, 0.25) is 0 Å². The summed E-state index contributed by atoms with van der Waals surface area (Å²) in [6, 6.07) is 19.4. The summed E-state index contributed by atoms with van der Waals surface area (Å²) in [5.74, 6) is 2.39. The molecule has 1 N–H and O–H groups in total. The van der Waals surface area contributed by atoms with Crippen molar-refractivity contribution in [2.75, 3.05) is 20.2 Å². The van der Waals surface area contributed by atoms with Gasteiger partial charge in [0.25, 0.3) is 5.91 Å². The second kappa shape index (κ2) is 10.7. The molecular weight excluding hydrogens is 472 g/mol. The maximum Gasteiger partial charge on any atom is 0.287 e. The lowest BCUT2D eigenvalue weighted by Gasteiger charge is -2.32. The lowest BCUT2D eigenvalue weighted by atomic mass is 10.0. The van der Waals surface area contributed by atoms with Crippen molar-refractivity contribution in [3.05, 3.63) is 82.2 Å². The number of likely N-dealkylation sites (tertiary alicyclic amines) is 1. The van der Waals surface area contributed by atoms with Crippen LogP contribution in [0.25, 0.3) is 0 Å². The molecule has 0 atom stereocenters. The van der Waals surface area contributed by atoms with E-state index in [1.54, 1.807) is 19.2 Å². The minimum absolute atomic E-state index is 0.150. The van der Waals surface area contributed by atoms with Crippen LogP contribution in [0.3, 0.4) is 0 Å². The Morgan fingerprint density at radius 2 is 1.88 bits per heavy atom. The Morgan fingerprint density at radius 3 is 2.62 bits per heavy atom. The average Bonchev–Trinajstić information content (AvgIpc) is 3.29. The molecule has 168 valence electrons. The number of ether oxygens (including phenoxy) is 2. The maximum absolute atomic E-state index is 12.6. The van der Waals surface area contributed by atoms with Crippen LogP contribution in [0.4, 0.5) is 0 Å². The molecule has 4 rings (SSSR count). The molecule has 32 heavy (non-hydrogen) atoms. The highest BCUT2D eigenvalue weighted by molar-refractivity contribution is 9.10. The number of rotatable bonds is 8. The Balaban J connectivity index is 1.22. The number of nitrogens with one attached hydrogen (secondary N) is 1. The maximum atomic E-state index is 12.6. The van der Waals surface area contributed by atoms with Crippen LogP contribution in [0.15, 0.2) is 69.6 Å². The van der Waals surface area contributed by atoms with Crippen LogP contribution in [-0.2, 0) is 13.2 Å². The lowest BCUT2D eigenvalue weighted by Crippen LogP contribution is -2.44. The van der Waals surface area contributed by atoms with Gasteiger partial charge in [-0.2, -0.15) is 0 Å². The smallest absolute Gasteiger partial charge is 0.287 e. The van der Waals surface area contributed by atoms with Crippen molar-refractivity contribution in [3.63, 3.8) is 0 Å². The van der Waals surface area contributed by atoms with Gasteiger partial charge in [0, 0.05) is 30.1 Å². The van der Waals surface area contributed by atoms with Crippen LogP contribution in [0.2, 0.25) is 0 Å². The average molecular weight is 499 g/mol. The molecule has 0 saturated carbocycles. The van der Waals surface area contributed by atoms with Crippen molar-refractivity contribution in [2.45, 2.75) is 32.0 Å². The molecule has 1 aromatic heterocycles. The van der Waals surface area contributed by atoms with E-state index in [1.165, 1.54) is 5.56 Å². The van der Waals surface area contributed by atoms with Gasteiger partial charge < -0.3 is 19.2 Å². The number of benzene rings is 2. The van der Waals surface area contributed by atoms with Crippen molar-refractivity contribution in [1.29, 1.82) is 0 Å². The number of piperidine rings is 1. The molecule has 0 spiro atoms. The highest BCUT2D eigenvalue weighted by Gasteiger charge is 2.22. The Bertz CT molecular complexity index is 1030. The van der Waals surface area contributed by atoms with Crippen molar-refractivity contribution in [1.82, 2.24) is 10.2 Å². The summed E-state index contributed by atoms with van der Waals surface area (Å²) in [7, 11) is 1.69.